The molecule has 3 heterocycles. The fourth-order valence-electron chi connectivity index (χ4n) is 3.04. The number of rotatable bonds is 4. The zero-order chi connectivity index (χ0) is 18.0. The maximum absolute atomic E-state index is 12.7. The van der Waals surface area contributed by atoms with Crippen LogP contribution in [-0.2, 0) is 11.3 Å². The van der Waals surface area contributed by atoms with Gasteiger partial charge >= 0.3 is 0 Å². The maximum Gasteiger partial charge on any atom is 0.290 e. The van der Waals surface area contributed by atoms with Gasteiger partial charge in [-0.2, -0.15) is 0 Å². The first-order chi connectivity index (χ1) is 12.0. The highest BCUT2D eigenvalue weighted by Gasteiger charge is 2.36. The van der Waals surface area contributed by atoms with E-state index in [1.54, 1.807) is 49.5 Å². The number of amides is 2. The lowest BCUT2D eigenvalue weighted by molar-refractivity contribution is -0.132. The number of furan rings is 1. The van der Waals surface area contributed by atoms with Crippen LogP contribution in [0.2, 0.25) is 0 Å². The third-order valence-corrected chi connectivity index (χ3v) is 4.34. The van der Waals surface area contributed by atoms with E-state index >= 15 is 0 Å². The van der Waals surface area contributed by atoms with Crippen LogP contribution in [0, 0.1) is 0 Å². The molecule has 2 aromatic heterocycles. The van der Waals surface area contributed by atoms with Crippen molar-refractivity contribution in [3.8, 4) is 0 Å². The molecule has 0 aliphatic carbocycles. The highest BCUT2D eigenvalue weighted by Crippen LogP contribution is 2.22. The van der Waals surface area contributed by atoms with Crippen molar-refractivity contribution < 1.29 is 14.0 Å². The van der Waals surface area contributed by atoms with E-state index in [0.29, 0.717) is 18.7 Å². The molecule has 1 aliphatic heterocycles. The Morgan fingerprint density at radius 3 is 2.76 bits per heavy atom. The van der Waals surface area contributed by atoms with Gasteiger partial charge in [-0.15, -0.1) is 0 Å². The average Bonchev–Trinajstić information content (AvgIpc) is 3.25. The van der Waals surface area contributed by atoms with E-state index < -0.39 is 6.04 Å². The summed E-state index contributed by atoms with van der Waals surface area (Å²) in [6.45, 7) is 0.796. The molecule has 132 valence electrons. The fraction of sp³-hybridized carbons (Fsp3) is 0.389. The van der Waals surface area contributed by atoms with Gasteiger partial charge in [-0.3, -0.25) is 14.4 Å². The van der Waals surface area contributed by atoms with Crippen molar-refractivity contribution >= 4 is 11.8 Å². The van der Waals surface area contributed by atoms with Crippen molar-refractivity contribution in [2.24, 2.45) is 0 Å². The molecule has 25 heavy (non-hydrogen) atoms. The van der Waals surface area contributed by atoms with Crippen molar-refractivity contribution in [2.45, 2.75) is 25.4 Å². The Bertz CT molecular complexity index is 837. The lowest BCUT2D eigenvalue weighted by Gasteiger charge is -2.25. The number of pyridine rings is 1. The zero-order valence-electron chi connectivity index (χ0n) is 14.3. The summed E-state index contributed by atoms with van der Waals surface area (Å²) in [7, 11) is 3.37. The lowest BCUT2D eigenvalue weighted by Crippen LogP contribution is -2.45. The second kappa shape index (κ2) is 6.96. The van der Waals surface area contributed by atoms with Gasteiger partial charge in [-0.25, -0.2) is 0 Å². The van der Waals surface area contributed by atoms with E-state index in [2.05, 4.69) is 0 Å². The monoisotopic (exact) mass is 343 g/mol. The number of hydrogen-bond donors (Lipinski definition) is 0. The Hall–Kier alpha value is -2.83. The van der Waals surface area contributed by atoms with E-state index in [1.165, 1.54) is 15.5 Å². The molecule has 2 aromatic rings. The third-order valence-electron chi connectivity index (χ3n) is 4.34. The number of likely N-dealkylation sites (N-methyl/N-ethyl adjacent to an activating group) is 1. The zero-order valence-corrected chi connectivity index (χ0v) is 14.3. The highest BCUT2D eigenvalue weighted by atomic mass is 16.4. The van der Waals surface area contributed by atoms with Crippen molar-refractivity contribution in [3.63, 3.8) is 0 Å². The minimum atomic E-state index is -0.437. The Morgan fingerprint density at radius 2 is 2.04 bits per heavy atom. The van der Waals surface area contributed by atoms with Crippen LogP contribution in [-0.4, -0.2) is 52.9 Å². The van der Waals surface area contributed by atoms with Gasteiger partial charge in [0.25, 0.3) is 11.5 Å². The standard InChI is InChI=1S/C18H21N3O4/c1-19(2)17(23)14-6-5-11-21(14)18(24)15-9-8-13(25-15)12-20-10-4-3-7-16(20)22/h3-4,7-10,14H,5-6,11-12H2,1-2H3. The quantitative estimate of drug-likeness (QED) is 0.835. The van der Waals surface area contributed by atoms with Crippen molar-refractivity contribution in [2.75, 3.05) is 20.6 Å². The van der Waals surface area contributed by atoms with Crippen LogP contribution < -0.4 is 5.56 Å². The Labute approximate surface area is 145 Å². The first kappa shape index (κ1) is 17.0. The van der Waals surface area contributed by atoms with Gasteiger partial charge in [0.1, 0.15) is 11.8 Å². The predicted molar refractivity (Wildman–Crippen MR) is 91.3 cm³/mol. The summed E-state index contributed by atoms with van der Waals surface area (Å²) in [4.78, 5) is 39.8. The second-order valence-electron chi connectivity index (χ2n) is 6.32. The summed E-state index contributed by atoms with van der Waals surface area (Å²) in [5.41, 5.74) is -0.136. The van der Waals surface area contributed by atoms with Gasteiger partial charge in [0.15, 0.2) is 5.76 Å². The number of likely N-dealkylation sites (tertiary alicyclic amines) is 1. The molecule has 0 N–H and O–H groups in total. The summed E-state index contributed by atoms with van der Waals surface area (Å²) in [5, 5.41) is 0. The molecule has 3 rings (SSSR count). The topological polar surface area (TPSA) is 75.8 Å². The number of carbonyl (C=O) groups excluding carboxylic acids is 2. The van der Waals surface area contributed by atoms with Gasteiger partial charge in [-0.1, -0.05) is 6.07 Å². The fourth-order valence-corrected chi connectivity index (χ4v) is 3.04. The van der Waals surface area contributed by atoms with Crippen LogP contribution in [0.15, 0.2) is 45.7 Å². The van der Waals surface area contributed by atoms with Crippen molar-refractivity contribution in [1.29, 1.82) is 0 Å². The summed E-state index contributed by atoms with van der Waals surface area (Å²) in [6.07, 6.45) is 3.12. The molecule has 2 amide bonds. The molecule has 0 spiro atoms. The van der Waals surface area contributed by atoms with Crippen LogP contribution in [0.25, 0.3) is 0 Å². The van der Waals surface area contributed by atoms with Gasteiger partial charge in [0, 0.05) is 32.9 Å². The van der Waals surface area contributed by atoms with Crippen LogP contribution in [0.3, 0.4) is 0 Å². The van der Waals surface area contributed by atoms with E-state index in [1.807, 2.05) is 0 Å². The first-order valence-electron chi connectivity index (χ1n) is 8.23. The minimum absolute atomic E-state index is 0.0755. The summed E-state index contributed by atoms with van der Waals surface area (Å²) in [5.74, 6) is 0.349. The molecule has 0 radical (unpaired) electrons. The molecule has 1 unspecified atom stereocenters. The summed E-state index contributed by atoms with van der Waals surface area (Å²) < 4.78 is 7.13. The van der Waals surface area contributed by atoms with E-state index in [0.717, 1.165) is 6.42 Å². The third kappa shape index (κ3) is 3.50. The van der Waals surface area contributed by atoms with Gasteiger partial charge in [0.2, 0.25) is 5.91 Å². The smallest absolute Gasteiger partial charge is 0.290 e. The molecule has 1 aliphatic rings. The predicted octanol–water partition coefficient (Wildman–Crippen LogP) is 1.18. The Balaban J connectivity index is 1.75. The summed E-state index contributed by atoms with van der Waals surface area (Å²) in [6, 6.07) is 7.75. The Morgan fingerprint density at radius 1 is 1.24 bits per heavy atom. The molecule has 7 nitrogen and oxygen atoms in total. The van der Waals surface area contributed by atoms with Crippen molar-refractivity contribution in [3.05, 3.63) is 58.4 Å². The molecule has 0 aromatic carbocycles. The maximum atomic E-state index is 12.7. The number of carbonyl (C=O) groups is 2. The first-order valence-corrected chi connectivity index (χ1v) is 8.23. The molecule has 1 fully saturated rings. The van der Waals surface area contributed by atoms with Crippen LogP contribution in [0.1, 0.15) is 29.2 Å². The molecule has 1 atom stereocenters. The van der Waals surface area contributed by atoms with Crippen LogP contribution in [0.5, 0.6) is 0 Å². The number of nitrogens with zero attached hydrogens (tertiary/aromatic N) is 3. The van der Waals surface area contributed by atoms with Gasteiger partial charge < -0.3 is 18.8 Å². The van der Waals surface area contributed by atoms with Gasteiger partial charge in [0.05, 0.1) is 6.54 Å². The molecule has 0 saturated carbocycles. The lowest BCUT2D eigenvalue weighted by atomic mass is 10.2. The second-order valence-corrected chi connectivity index (χ2v) is 6.32. The minimum Gasteiger partial charge on any atom is -0.454 e. The van der Waals surface area contributed by atoms with Crippen LogP contribution >= 0.6 is 0 Å². The highest BCUT2D eigenvalue weighted by molar-refractivity contribution is 5.96. The van der Waals surface area contributed by atoms with E-state index in [4.69, 9.17) is 4.42 Å². The average molecular weight is 343 g/mol. The number of aromatic nitrogens is 1. The molecule has 1 saturated heterocycles. The SMILES string of the molecule is CN(C)C(=O)C1CCCN1C(=O)c1ccc(Cn2ccccc2=O)o1. The van der Waals surface area contributed by atoms with E-state index in [9.17, 15) is 14.4 Å². The molecular formula is C18H21N3O4. The van der Waals surface area contributed by atoms with Crippen molar-refractivity contribution in [1.82, 2.24) is 14.4 Å². The molecular weight excluding hydrogens is 322 g/mol. The van der Waals surface area contributed by atoms with E-state index in [-0.39, 0.29) is 29.7 Å². The Kier molecular flexibility index (Phi) is 4.74. The summed E-state index contributed by atoms with van der Waals surface area (Å²) >= 11 is 0. The molecule has 0 bridgehead atoms. The largest absolute Gasteiger partial charge is 0.454 e. The van der Waals surface area contributed by atoms with Crippen LogP contribution in [0.4, 0.5) is 0 Å². The molecule has 7 heteroatoms. The van der Waals surface area contributed by atoms with Gasteiger partial charge in [-0.05, 0) is 31.0 Å². The normalized spacial score (nSPS) is 16.9. The number of hydrogen-bond acceptors (Lipinski definition) is 4.